The van der Waals surface area contributed by atoms with Gasteiger partial charge in [-0.25, -0.2) is 0 Å². The lowest BCUT2D eigenvalue weighted by atomic mass is 10.1. The SMILES string of the molecule is CC(Nc1ccc(Br)cc1[N+](=O)[O-])c1ccc(Br)cc1Br. The number of nitrogens with one attached hydrogen (secondary N) is 1. The molecule has 2 aromatic carbocycles. The van der Waals surface area contributed by atoms with E-state index in [2.05, 4.69) is 53.1 Å². The molecule has 7 heteroatoms. The van der Waals surface area contributed by atoms with E-state index >= 15 is 0 Å². The summed E-state index contributed by atoms with van der Waals surface area (Å²) in [6, 6.07) is 10.7. The van der Waals surface area contributed by atoms with Gasteiger partial charge in [0.25, 0.3) is 5.69 Å². The normalized spacial score (nSPS) is 12.0. The third-order valence-corrected chi connectivity index (χ3v) is 4.63. The Bertz CT molecular complexity index is 692. The van der Waals surface area contributed by atoms with E-state index in [1.807, 2.05) is 25.1 Å². The van der Waals surface area contributed by atoms with Crippen LogP contribution < -0.4 is 5.32 Å². The highest BCUT2D eigenvalue weighted by Gasteiger charge is 2.17. The molecule has 1 atom stereocenters. The van der Waals surface area contributed by atoms with Crippen molar-refractivity contribution in [1.82, 2.24) is 0 Å². The molecule has 0 heterocycles. The zero-order valence-corrected chi connectivity index (χ0v) is 15.7. The van der Waals surface area contributed by atoms with Crippen molar-refractivity contribution in [2.24, 2.45) is 0 Å². The van der Waals surface area contributed by atoms with Crippen molar-refractivity contribution < 1.29 is 4.92 Å². The van der Waals surface area contributed by atoms with Gasteiger partial charge in [-0.3, -0.25) is 10.1 Å². The number of hydrogen-bond acceptors (Lipinski definition) is 3. The van der Waals surface area contributed by atoms with E-state index in [1.165, 1.54) is 6.07 Å². The Kier molecular flexibility index (Phi) is 5.40. The lowest BCUT2D eigenvalue weighted by Gasteiger charge is -2.17. The predicted octanol–water partition coefficient (Wildman–Crippen LogP) is 6.06. The summed E-state index contributed by atoms with van der Waals surface area (Å²) in [5.41, 5.74) is 1.56. The maximum Gasteiger partial charge on any atom is 0.293 e. The van der Waals surface area contributed by atoms with Crippen LogP contribution >= 0.6 is 47.8 Å². The van der Waals surface area contributed by atoms with Crippen molar-refractivity contribution >= 4 is 59.2 Å². The molecule has 0 spiro atoms. The van der Waals surface area contributed by atoms with Crippen LogP contribution in [0.4, 0.5) is 11.4 Å². The summed E-state index contributed by atoms with van der Waals surface area (Å²) in [6.07, 6.45) is 0. The Balaban J connectivity index is 2.31. The molecule has 2 rings (SSSR count). The molecule has 0 fully saturated rings. The highest BCUT2D eigenvalue weighted by molar-refractivity contribution is 9.11. The quantitative estimate of drug-likeness (QED) is 0.429. The van der Waals surface area contributed by atoms with Crippen LogP contribution in [0.15, 0.2) is 49.8 Å². The summed E-state index contributed by atoms with van der Waals surface area (Å²) in [4.78, 5) is 10.7. The zero-order valence-electron chi connectivity index (χ0n) is 10.9. The third kappa shape index (κ3) is 4.05. The lowest BCUT2D eigenvalue weighted by Crippen LogP contribution is -2.09. The molecular weight excluding hydrogens is 468 g/mol. The molecule has 0 amide bonds. The van der Waals surface area contributed by atoms with Gasteiger partial charge in [-0.15, -0.1) is 0 Å². The number of benzene rings is 2. The Hall–Kier alpha value is -0.920. The fourth-order valence-corrected chi connectivity index (χ4v) is 3.68. The summed E-state index contributed by atoms with van der Waals surface area (Å²) in [7, 11) is 0. The molecule has 0 saturated carbocycles. The van der Waals surface area contributed by atoms with Gasteiger partial charge in [0.15, 0.2) is 0 Å². The fraction of sp³-hybridized carbons (Fsp3) is 0.143. The summed E-state index contributed by atoms with van der Waals surface area (Å²) in [5, 5.41) is 14.3. The minimum absolute atomic E-state index is 0.0458. The van der Waals surface area contributed by atoms with Gasteiger partial charge in [0, 0.05) is 25.5 Å². The number of hydrogen-bond donors (Lipinski definition) is 1. The van der Waals surface area contributed by atoms with E-state index in [0.717, 1.165) is 14.5 Å². The summed E-state index contributed by atoms with van der Waals surface area (Å²) < 4.78 is 2.59. The van der Waals surface area contributed by atoms with Crippen molar-refractivity contribution in [3.8, 4) is 0 Å². The molecule has 0 aliphatic carbocycles. The van der Waals surface area contributed by atoms with Crippen LogP contribution in [0.25, 0.3) is 0 Å². The minimum Gasteiger partial charge on any atom is -0.373 e. The van der Waals surface area contributed by atoms with Crippen LogP contribution in [-0.2, 0) is 0 Å². The molecule has 2 aromatic rings. The smallest absolute Gasteiger partial charge is 0.293 e. The van der Waals surface area contributed by atoms with Crippen molar-refractivity contribution in [2.45, 2.75) is 13.0 Å². The first-order chi connectivity index (χ1) is 9.88. The van der Waals surface area contributed by atoms with E-state index in [1.54, 1.807) is 12.1 Å². The first kappa shape index (κ1) is 16.5. The number of rotatable bonds is 4. The molecule has 21 heavy (non-hydrogen) atoms. The van der Waals surface area contributed by atoms with E-state index in [0.29, 0.717) is 10.2 Å². The predicted molar refractivity (Wildman–Crippen MR) is 94.7 cm³/mol. The van der Waals surface area contributed by atoms with E-state index in [-0.39, 0.29) is 11.7 Å². The molecule has 1 N–H and O–H groups in total. The highest BCUT2D eigenvalue weighted by atomic mass is 79.9. The number of nitro benzene ring substituents is 1. The number of anilines is 1. The van der Waals surface area contributed by atoms with Crippen molar-refractivity contribution in [3.05, 3.63) is 65.5 Å². The maximum atomic E-state index is 11.1. The molecule has 110 valence electrons. The van der Waals surface area contributed by atoms with E-state index < -0.39 is 4.92 Å². The average Bonchev–Trinajstić information content (AvgIpc) is 2.40. The summed E-state index contributed by atoms with van der Waals surface area (Å²) >= 11 is 10.2. The van der Waals surface area contributed by atoms with Gasteiger partial charge in [-0.1, -0.05) is 53.9 Å². The van der Waals surface area contributed by atoms with Crippen LogP contribution in [0.3, 0.4) is 0 Å². The fourth-order valence-electron chi connectivity index (χ4n) is 1.94. The largest absolute Gasteiger partial charge is 0.373 e. The van der Waals surface area contributed by atoms with Crippen LogP contribution in [0.2, 0.25) is 0 Å². The second-order valence-electron chi connectivity index (χ2n) is 4.45. The van der Waals surface area contributed by atoms with Gasteiger partial charge in [-0.2, -0.15) is 0 Å². The van der Waals surface area contributed by atoms with E-state index in [9.17, 15) is 10.1 Å². The molecular formula is C14H11Br3N2O2. The molecule has 0 aromatic heterocycles. The van der Waals surface area contributed by atoms with Gasteiger partial charge in [0.05, 0.1) is 4.92 Å². The van der Waals surface area contributed by atoms with Crippen molar-refractivity contribution in [3.63, 3.8) is 0 Å². The van der Waals surface area contributed by atoms with Gasteiger partial charge in [0.1, 0.15) is 5.69 Å². The van der Waals surface area contributed by atoms with E-state index in [4.69, 9.17) is 0 Å². The van der Waals surface area contributed by atoms with Crippen LogP contribution in [0.1, 0.15) is 18.5 Å². The second kappa shape index (κ2) is 6.89. The highest BCUT2D eigenvalue weighted by Crippen LogP contribution is 2.33. The number of halogens is 3. The monoisotopic (exact) mass is 476 g/mol. The molecule has 0 aliphatic heterocycles. The van der Waals surface area contributed by atoms with Gasteiger partial charge >= 0.3 is 0 Å². The molecule has 0 radical (unpaired) electrons. The van der Waals surface area contributed by atoms with Crippen molar-refractivity contribution in [2.75, 3.05) is 5.32 Å². The Morgan fingerprint density at radius 2 is 1.71 bits per heavy atom. The Morgan fingerprint density at radius 1 is 1.10 bits per heavy atom. The van der Waals surface area contributed by atoms with Gasteiger partial charge in [0.2, 0.25) is 0 Å². The van der Waals surface area contributed by atoms with Gasteiger partial charge < -0.3 is 5.32 Å². The topological polar surface area (TPSA) is 55.2 Å². The van der Waals surface area contributed by atoms with Crippen molar-refractivity contribution in [1.29, 1.82) is 0 Å². The standard InChI is InChI=1S/C14H11Br3N2O2/c1-8(11-4-2-9(15)6-12(11)17)18-13-5-3-10(16)7-14(13)19(20)21/h2-8,18H,1H3. The molecule has 0 bridgehead atoms. The minimum atomic E-state index is -0.392. The van der Waals surface area contributed by atoms with Crippen LogP contribution in [0.5, 0.6) is 0 Å². The first-order valence-corrected chi connectivity index (χ1v) is 8.42. The lowest BCUT2D eigenvalue weighted by molar-refractivity contribution is -0.384. The average molecular weight is 479 g/mol. The molecule has 0 saturated heterocycles. The number of nitrogens with zero attached hydrogens (tertiary/aromatic N) is 1. The number of nitro groups is 1. The van der Waals surface area contributed by atoms with Gasteiger partial charge in [-0.05, 0) is 36.8 Å². The third-order valence-electron chi connectivity index (χ3n) is 2.96. The molecule has 4 nitrogen and oxygen atoms in total. The summed E-state index contributed by atoms with van der Waals surface area (Å²) in [6.45, 7) is 1.96. The molecule has 1 unspecified atom stereocenters. The van der Waals surface area contributed by atoms with Crippen LogP contribution in [-0.4, -0.2) is 4.92 Å². The Morgan fingerprint density at radius 3 is 2.33 bits per heavy atom. The zero-order chi connectivity index (χ0) is 15.6. The van der Waals surface area contributed by atoms with Crippen LogP contribution in [0, 0.1) is 10.1 Å². The summed E-state index contributed by atoms with van der Waals surface area (Å²) in [5.74, 6) is 0. The second-order valence-corrected chi connectivity index (χ2v) is 7.14. The maximum absolute atomic E-state index is 11.1. The first-order valence-electron chi connectivity index (χ1n) is 6.04. The Labute approximate surface area is 147 Å². The molecule has 0 aliphatic rings.